The fourth-order valence-corrected chi connectivity index (χ4v) is 4.50. The normalized spacial score (nSPS) is 10.8. The number of anilines is 1. The van der Waals surface area contributed by atoms with Crippen molar-refractivity contribution in [2.24, 2.45) is 0 Å². The summed E-state index contributed by atoms with van der Waals surface area (Å²) >= 11 is 2.75. The van der Waals surface area contributed by atoms with Crippen molar-refractivity contribution < 1.29 is 14.3 Å². The Morgan fingerprint density at radius 2 is 2.00 bits per heavy atom. The van der Waals surface area contributed by atoms with Crippen molar-refractivity contribution in [2.75, 3.05) is 17.7 Å². The zero-order valence-corrected chi connectivity index (χ0v) is 17.6. The molecule has 2 heterocycles. The topological polar surface area (TPSA) is 81.2 Å². The summed E-state index contributed by atoms with van der Waals surface area (Å²) in [5.74, 6) is 0.235. The number of hydrogen-bond donors (Lipinski definition) is 1. The van der Waals surface area contributed by atoms with Gasteiger partial charge in [-0.1, -0.05) is 36.9 Å². The van der Waals surface area contributed by atoms with Crippen LogP contribution in [0.2, 0.25) is 0 Å². The van der Waals surface area contributed by atoms with Crippen LogP contribution in [0.4, 0.5) is 5.00 Å². The fourth-order valence-electron chi connectivity index (χ4n) is 2.63. The molecule has 8 heteroatoms. The lowest BCUT2D eigenvalue weighted by Gasteiger charge is -2.08. The number of hydrogen-bond acceptors (Lipinski definition) is 7. The second kappa shape index (κ2) is 9.16. The van der Waals surface area contributed by atoms with Crippen LogP contribution in [-0.4, -0.2) is 34.2 Å². The van der Waals surface area contributed by atoms with Gasteiger partial charge in [0.05, 0.1) is 23.4 Å². The van der Waals surface area contributed by atoms with Crippen LogP contribution in [0.15, 0.2) is 35.4 Å². The van der Waals surface area contributed by atoms with Crippen LogP contribution >= 0.6 is 23.1 Å². The number of nitrogens with zero attached hydrogens (tertiary/aromatic N) is 2. The largest absolute Gasteiger partial charge is 0.462 e. The number of fused-ring (bicyclic) bond motifs is 1. The third-order valence-corrected chi connectivity index (χ3v) is 6.09. The van der Waals surface area contributed by atoms with E-state index in [1.165, 1.54) is 23.1 Å². The molecule has 1 aromatic carbocycles. The van der Waals surface area contributed by atoms with E-state index in [-0.39, 0.29) is 11.7 Å². The van der Waals surface area contributed by atoms with Gasteiger partial charge in [-0.05, 0) is 32.4 Å². The average molecular weight is 416 g/mol. The standard InChI is InChI=1S/C20H21N3O3S2/c1-4-13-10-15(20(25)26-5-2)19(28-13)23-17(24)11-27-18-14-8-6-7-9-16(14)21-12(3)22-18/h6-10H,4-5,11H2,1-3H3,(H,23,24). The third kappa shape index (κ3) is 4.69. The van der Waals surface area contributed by atoms with Gasteiger partial charge in [0.1, 0.15) is 15.9 Å². The highest BCUT2D eigenvalue weighted by atomic mass is 32.2. The lowest BCUT2D eigenvalue weighted by Crippen LogP contribution is -2.16. The number of para-hydroxylation sites is 1. The first-order valence-corrected chi connectivity index (χ1v) is 10.8. The number of carbonyl (C=O) groups is 2. The van der Waals surface area contributed by atoms with Gasteiger partial charge in [-0.15, -0.1) is 11.3 Å². The molecule has 0 saturated carbocycles. The van der Waals surface area contributed by atoms with E-state index in [0.29, 0.717) is 23.0 Å². The predicted octanol–water partition coefficient (Wildman–Crippen LogP) is 4.47. The van der Waals surface area contributed by atoms with E-state index in [1.807, 2.05) is 38.1 Å². The lowest BCUT2D eigenvalue weighted by molar-refractivity contribution is -0.113. The van der Waals surface area contributed by atoms with Crippen LogP contribution in [0.3, 0.4) is 0 Å². The second-order valence-electron chi connectivity index (χ2n) is 5.96. The molecule has 0 aliphatic carbocycles. The van der Waals surface area contributed by atoms with Crippen molar-refractivity contribution in [3.63, 3.8) is 0 Å². The first-order valence-electron chi connectivity index (χ1n) is 8.97. The Morgan fingerprint density at radius 3 is 2.75 bits per heavy atom. The summed E-state index contributed by atoms with van der Waals surface area (Å²) in [6.07, 6.45) is 0.786. The monoisotopic (exact) mass is 415 g/mol. The van der Waals surface area contributed by atoms with Crippen LogP contribution in [0.1, 0.15) is 34.9 Å². The lowest BCUT2D eigenvalue weighted by atomic mass is 10.2. The number of aromatic nitrogens is 2. The van der Waals surface area contributed by atoms with Gasteiger partial charge < -0.3 is 10.1 Å². The van der Waals surface area contributed by atoms with Crippen molar-refractivity contribution in [2.45, 2.75) is 32.2 Å². The van der Waals surface area contributed by atoms with Crippen LogP contribution in [0, 0.1) is 6.92 Å². The number of rotatable bonds is 7. The molecule has 0 fully saturated rings. The van der Waals surface area contributed by atoms with E-state index in [9.17, 15) is 9.59 Å². The molecule has 0 atom stereocenters. The quantitative estimate of drug-likeness (QED) is 0.348. The Kier molecular flexibility index (Phi) is 6.64. The summed E-state index contributed by atoms with van der Waals surface area (Å²) in [4.78, 5) is 34.6. The number of ether oxygens (including phenoxy) is 1. The summed E-state index contributed by atoms with van der Waals surface area (Å²) in [6, 6.07) is 9.51. The fraction of sp³-hybridized carbons (Fsp3) is 0.300. The third-order valence-electron chi connectivity index (χ3n) is 3.90. The number of thioether (sulfide) groups is 1. The molecule has 0 aliphatic heterocycles. The zero-order chi connectivity index (χ0) is 20.1. The molecule has 0 aliphatic rings. The van der Waals surface area contributed by atoms with E-state index in [0.717, 1.165) is 27.2 Å². The molecule has 0 bridgehead atoms. The summed E-state index contributed by atoms with van der Waals surface area (Å²) in [6.45, 7) is 5.89. The van der Waals surface area contributed by atoms with Crippen molar-refractivity contribution in [3.8, 4) is 0 Å². The minimum Gasteiger partial charge on any atom is -0.462 e. The maximum absolute atomic E-state index is 12.5. The minimum absolute atomic E-state index is 0.183. The van der Waals surface area contributed by atoms with Gasteiger partial charge in [0, 0.05) is 10.3 Å². The smallest absolute Gasteiger partial charge is 0.341 e. The maximum Gasteiger partial charge on any atom is 0.341 e. The predicted molar refractivity (Wildman–Crippen MR) is 113 cm³/mol. The van der Waals surface area contributed by atoms with E-state index in [4.69, 9.17) is 4.74 Å². The molecule has 2 aromatic heterocycles. The molecule has 0 radical (unpaired) electrons. The first-order chi connectivity index (χ1) is 13.5. The average Bonchev–Trinajstić information content (AvgIpc) is 3.09. The number of aryl methyl sites for hydroxylation is 2. The van der Waals surface area contributed by atoms with Gasteiger partial charge in [-0.2, -0.15) is 0 Å². The Balaban J connectivity index is 1.73. The molecule has 3 aromatic rings. The molecule has 0 spiro atoms. The summed E-state index contributed by atoms with van der Waals surface area (Å²) in [7, 11) is 0. The number of benzene rings is 1. The Labute approximate surface area is 171 Å². The summed E-state index contributed by atoms with van der Waals surface area (Å²) < 4.78 is 5.09. The van der Waals surface area contributed by atoms with Crippen LogP contribution in [-0.2, 0) is 16.0 Å². The van der Waals surface area contributed by atoms with Crippen molar-refractivity contribution in [1.82, 2.24) is 9.97 Å². The minimum atomic E-state index is -0.418. The number of esters is 1. The van der Waals surface area contributed by atoms with Gasteiger partial charge in [-0.3, -0.25) is 4.79 Å². The molecule has 3 rings (SSSR count). The van der Waals surface area contributed by atoms with E-state index in [1.54, 1.807) is 13.0 Å². The molecule has 146 valence electrons. The Bertz CT molecular complexity index is 1020. The van der Waals surface area contributed by atoms with Crippen LogP contribution < -0.4 is 5.32 Å². The van der Waals surface area contributed by atoms with E-state index in [2.05, 4.69) is 15.3 Å². The first kappa shape index (κ1) is 20.3. The zero-order valence-electron chi connectivity index (χ0n) is 15.9. The molecule has 0 unspecified atom stereocenters. The van der Waals surface area contributed by atoms with E-state index < -0.39 is 5.97 Å². The highest BCUT2D eigenvalue weighted by Crippen LogP contribution is 2.30. The Morgan fingerprint density at radius 1 is 1.21 bits per heavy atom. The summed E-state index contributed by atoms with van der Waals surface area (Å²) in [5, 5.41) is 5.07. The van der Waals surface area contributed by atoms with Crippen LogP contribution in [0.25, 0.3) is 10.9 Å². The molecular weight excluding hydrogens is 394 g/mol. The highest BCUT2D eigenvalue weighted by Gasteiger charge is 2.19. The SMILES string of the molecule is CCOC(=O)c1cc(CC)sc1NC(=O)CSc1nc(C)nc2ccccc12. The Hall–Kier alpha value is -2.45. The van der Waals surface area contributed by atoms with Gasteiger partial charge in [-0.25, -0.2) is 14.8 Å². The van der Waals surface area contributed by atoms with Gasteiger partial charge >= 0.3 is 5.97 Å². The molecule has 6 nitrogen and oxygen atoms in total. The van der Waals surface area contributed by atoms with Gasteiger partial charge in [0.2, 0.25) is 5.91 Å². The van der Waals surface area contributed by atoms with E-state index >= 15 is 0 Å². The number of nitrogens with one attached hydrogen (secondary N) is 1. The number of thiophene rings is 1. The maximum atomic E-state index is 12.5. The number of amides is 1. The van der Waals surface area contributed by atoms with Crippen molar-refractivity contribution >= 4 is 50.9 Å². The molecule has 0 saturated heterocycles. The highest BCUT2D eigenvalue weighted by molar-refractivity contribution is 8.00. The van der Waals surface area contributed by atoms with Crippen LogP contribution in [0.5, 0.6) is 0 Å². The summed E-state index contributed by atoms with van der Waals surface area (Å²) in [5.41, 5.74) is 1.26. The van der Waals surface area contributed by atoms with Gasteiger partial charge in [0.15, 0.2) is 0 Å². The molecule has 1 N–H and O–H groups in total. The molecule has 28 heavy (non-hydrogen) atoms. The van der Waals surface area contributed by atoms with Gasteiger partial charge in [0.25, 0.3) is 0 Å². The van der Waals surface area contributed by atoms with Crippen molar-refractivity contribution in [1.29, 1.82) is 0 Å². The number of carbonyl (C=O) groups excluding carboxylic acids is 2. The molecule has 1 amide bonds. The molecular formula is C20H21N3O3S2. The second-order valence-corrected chi connectivity index (χ2v) is 8.06. The van der Waals surface area contributed by atoms with Crippen molar-refractivity contribution in [3.05, 3.63) is 46.6 Å².